The highest BCUT2D eigenvalue weighted by molar-refractivity contribution is 14.0. The molecule has 1 amide bonds. The maximum absolute atomic E-state index is 12.5. The molecule has 0 radical (unpaired) electrons. The Morgan fingerprint density at radius 2 is 2.00 bits per heavy atom. The van der Waals surface area contributed by atoms with E-state index in [-0.39, 0.29) is 24.0 Å². The van der Waals surface area contributed by atoms with Gasteiger partial charge in [0.15, 0.2) is 5.96 Å². The maximum atomic E-state index is 12.5. The highest BCUT2D eigenvalue weighted by Gasteiger charge is 2.32. The molecule has 1 saturated carbocycles. The number of aliphatic imine (C=N–C) groups is 1. The molecule has 140 valence electrons. The van der Waals surface area contributed by atoms with Crippen LogP contribution in [0.25, 0.3) is 0 Å². The number of unbranched alkanes of at least 4 members (excludes halogenated alkanes) is 1. The zero-order valence-electron chi connectivity index (χ0n) is 15.1. The molecular formula is C17H33IN4OS. The molecule has 2 N–H and O–H groups in total. The van der Waals surface area contributed by atoms with E-state index in [1.165, 1.54) is 31.4 Å². The zero-order chi connectivity index (χ0) is 16.5. The van der Waals surface area contributed by atoms with Crippen molar-refractivity contribution in [1.29, 1.82) is 0 Å². The molecule has 0 aromatic carbocycles. The summed E-state index contributed by atoms with van der Waals surface area (Å²) in [5.41, 5.74) is 0. The monoisotopic (exact) mass is 468 g/mol. The summed E-state index contributed by atoms with van der Waals surface area (Å²) >= 11 is 1.89. The lowest BCUT2D eigenvalue weighted by Crippen LogP contribution is -2.45. The van der Waals surface area contributed by atoms with Crippen molar-refractivity contribution < 1.29 is 4.79 Å². The predicted octanol–water partition coefficient (Wildman–Crippen LogP) is 2.70. The van der Waals surface area contributed by atoms with Crippen molar-refractivity contribution in [2.45, 2.75) is 51.0 Å². The second kappa shape index (κ2) is 12.2. The lowest BCUT2D eigenvalue weighted by atomic mass is 10.1. The Kier molecular flexibility index (Phi) is 11.1. The molecule has 5 nitrogen and oxygen atoms in total. The van der Waals surface area contributed by atoms with Crippen molar-refractivity contribution in [3.05, 3.63) is 0 Å². The van der Waals surface area contributed by atoms with E-state index in [0.29, 0.717) is 17.9 Å². The Labute approximate surface area is 168 Å². The van der Waals surface area contributed by atoms with Crippen LogP contribution in [-0.4, -0.2) is 61.5 Å². The van der Waals surface area contributed by atoms with Crippen LogP contribution in [0.15, 0.2) is 4.99 Å². The van der Waals surface area contributed by atoms with Gasteiger partial charge in [-0.1, -0.05) is 12.8 Å². The van der Waals surface area contributed by atoms with E-state index in [1.807, 2.05) is 18.8 Å². The largest absolute Gasteiger partial charge is 0.356 e. The standard InChI is InChI=1S/C17H32N4OS.HI/c1-18-17(19-10-5-6-12-23-2)20-15-9-11-21(13-15)16(22)14-7-3-4-8-14;/h14-15H,3-13H2,1-2H3,(H2,18,19,20);1H. The van der Waals surface area contributed by atoms with Gasteiger partial charge in [0.2, 0.25) is 5.91 Å². The lowest BCUT2D eigenvalue weighted by molar-refractivity contribution is -0.134. The van der Waals surface area contributed by atoms with E-state index in [0.717, 1.165) is 44.9 Å². The van der Waals surface area contributed by atoms with Gasteiger partial charge in [0.25, 0.3) is 0 Å². The van der Waals surface area contributed by atoms with Gasteiger partial charge in [-0.3, -0.25) is 9.79 Å². The summed E-state index contributed by atoms with van der Waals surface area (Å²) in [6.07, 6.45) is 10.2. The Bertz CT molecular complexity index is 402. The highest BCUT2D eigenvalue weighted by Crippen LogP contribution is 2.27. The van der Waals surface area contributed by atoms with Gasteiger partial charge in [0.1, 0.15) is 0 Å². The number of nitrogens with one attached hydrogen (secondary N) is 2. The molecule has 0 aromatic rings. The minimum absolute atomic E-state index is 0. The Balaban J connectivity index is 0.00000288. The van der Waals surface area contributed by atoms with Crippen LogP contribution >= 0.6 is 35.7 Å². The molecule has 1 aliphatic heterocycles. The van der Waals surface area contributed by atoms with E-state index >= 15 is 0 Å². The summed E-state index contributed by atoms with van der Waals surface area (Å²) < 4.78 is 0. The van der Waals surface area contributed by atoms with Crippen molar-refractivity contribution >= 4 is 47.6 Å². The van der Waals surface area contributed by atoms with Gasteiger partial charge in [-0.15, -0.1) is 24.0 Å². The number of halogens is 1. The van der Waals surface area contributed by atoms with Gasteiger partial charge >= 0.3 is 0 Å². The third-order valence-electron chi connectivity index (χ3n) is 4.84. The minimum atomic E-state index is 0. The molecule has 1 aliphatic carbocycles. The molecule has 7 heteroatoms. The summed E-state index contributed by atoms with van der Waals surface area (Å²) in [5, 5.41) is 6.85. The number of likely N-dealkylation sites (tertiary alicyclic amines) is 1. The first-order valence-electron chi connectivity index (χ1n) is 8.99. The number of guanidine groups is 1. The summed E-state index contributed by atoms with van der Waals surface area (Å²) in [5.74, 6) is 2.76. The highest BCUT2D eigenvalue weighted by atomic mass is 127. The van der Waals surface area contributed by atoms with Crippen molar-refractivity contribution in [2.24, 2.45) is 10.9 Å². The first kappa shape index (κ1) is 21.9. The SMILES string of the molecule is CN=C(NCCCCSC)NC1CCN(C(=O)C2CCCC2)C1.I. The van der Waals surface area contributed by atoms with Crippen LogP contribution < -0.4 is 10.6 Å². The molecule has 24 heavy (non-hydrogen) atoms. The van der Waals surface area contributed by atoms with E-state index in [1.54, 1.807) is 0 Å². The molecule has 1 saturated heterocycles. The molecule has 0 aromatic heterocycles. The fourth-order valence-electron chi connectivity index (χ4n) is 3.48. The van der Waals surface area contributed by atoms with Crippen molar-refractivity contribution in [1.82, 2.24) is 15.5 Å². The van der Waals surface area contributed by atoms with E-state index in [9.17, 15) is 4.79 Å². The molecule has 1 atom stereocenters. The minimum Gasteiger partial charge on any atom is -0.356 e. The number of hydrogen-bond acceptors (Lipinski definition) is 3. The smallest absolute Gasteiger partial charge is 0.225 e. The lowest BCUT2D eigenvalue weighted by Gasteiger charge is -2.21. The number of carbonyl (C=O) groups excluding carboxylic acids is 1. The Morgan fingerprint density at radius 3 is 2.67 bits per heavy atom. The first-order valence-corrected chi connectivity index (χ1v) is 10.4. The van der Waals surface area contributed by atoms with Crippen LogP contribution in [0.5, 0.6) is 0 Å². The average Bonchev–Trinajstić information content (AvgIpc) is 3.24. The zero-order valence-corrected chi connectivity index (χ0v) is 18.2. The fourth-order valence-corrected chi connectivity index (χ4v) is 3.97. The second-order valence-electron chi connectivity index (χ2n) is 6.59. The number of thioether (sulfide) groups is 1. The number of carbonyl (C=O) groups is 1. The first-order chi connectivity index (χ1) is 11.2. The van der Waals surface area contributed by atoms with Crippen LogP contribution in [0.2, 0.25) is 0 Å². The topological polar surface area (TPSA) is 56.7 Å². The Hall–Kier alpha value is -0.180. The molecule has 1 unspecified atom stereocenters. The van der Waals surface area contributed by atoms with E-state index < -0.39 is 0 Å². The average molecular weight is 468 g/mol. The Morgan fingerprint density at radius 1 is 1.25 bits per heavy atom. The molecule has 0 bridgehead atoms. The third kappa shape index (κ3) is 6.98. The number of nitrogens with zero attached hydrogens (tertiary/aromatic N) is 2. The predicted molar refractivity (Wildman–Crippen MR) is 114 cm³/mol. The molecule has 1 heterocycles. The van der Waals surface area contributed by atoms with E-state index in [2.05, 4.69) is 26.8 Å². The number of hydrogen-bond donors (Lipinski definition) is 2. The van der Waals surface area contributed by atoms with Gasteiger partial charge in [-0.25, -0.2) is 0 Å². The van der Waals surface area contributed by atoms with Gasteiger partial charge in [0.05, 0.1) is 0 Å². The molecule has 2 aliphatic rings. The summed E-state index contributed by atoms with van der Waals surface area (Å²) in [6, 6.07) is 0.331. The molecule has 2 fully saturated rings. The van der Waals surface area contributed by atoms with Crippen LogP contribution in [0.4, 0.5) is 0 Å². The molecule has 0 spiro atoms. The molecule has 2 rings (SSSR count). The van der Waals surface area contributed by atoms with Crippen LogP contribution in [0.3, 0.4) is 0 Å². The quantitative estimate of drug-likeness (QED) is 0.261. The number of rotatable bonds is 7. The van der Waals surface area contributed by atoms with Gasteiger partial charge in [-0.05, 0) is 44.1 Å². The third-order valence-corrected chi connectivity index (χ3v) is 5.53. The maximum Gasteiger partial charge on any atom is 0.225 e. The van der Waals surface area contributed by atoms with Gasteiger partial charge in [-0.2, -0.15) is 11.8 Å². The summed E-state index contributed by atoms with van der Waals surface area (Å²) in [4.78, 5) is 18.8. The van der Waals surface area contributed by atoms with Crippen LogP contribution in [-0.2, 0) is 4.79 Å². The van der Waals surface area contributed by atoms with Crippen LogP contribution in [0, 0.1) is 5.92 Å². The van der Waals surface area contributed by atoms with Crippen molar-refractivity contribution in [3.8, 4) is 0 Å². The van der Waals surface area contributed by atoms with Crippen molar-refractivity contribution in [3.63, 3.8) is 0 Å². The fraction of sp³-hybridized carbons (Fsp3) is 0.882. The normalized spacial score (nSPS) is 21.7. The van der Waals surface area contributed by atoms with Gasteiger partial charge < -0.3 is 15.5 Å². The summed E-state index contributed by atoms with van der Waals surface area (Å²) in [6.45, 7) is 2.66. The van der Waals surface area contributed by atoms with Crippen molar-refractivity contribution in [2.75, 3.05) is 38.7 Å². The summed E-state index contributed by atoms with van der Waals surface area (Å²) in [7, 11) is 1.81. The van der Waals surface area contributed by atoms with E-state index in [4.69, 9.17) is 0 Å². The second-order valence-corrected chi connectivity index (χ2v) is 7.58. The molecular weight excluding hydrogens is 435 g/mol. The number of amides is 1. The van der Waals surface area contributed by atoms with Gasteiger partial charge in [0, 0.05) is 38.6 Å². The van der Waals surface area contributed by atoms with Crippen LogP contribution in [0.1, 0.15) is 44.9 Å².